The molecule has 3 aromatic heterocycles. The highest BCUT2D eigenvalue weighted by Gasteiger charge is 2.32. The molecule has 3 aromatic rings. The van der Waals surface area contributed by atoms with E-state index in [-0.39, 0.29) is 11.9 Å². The molecule has 0 saturated heterocycles. The molecule has 0 radical (unpaired) electrons. The molecule has 4 heterocycles. The minimum absolute atomic E-state index is 0.00257. The monoisotopic (exact) mass is 355 g/mol. The molecular weight excluding hydrogens is 334 g/mol. The number of carbonyl (C=O) groups is 1. The molecule has 6 nitrogen and oxygen atoms in total. The van der Waals surface area contributed by atoms with E-state index in [9.17, 15) is 4.79 Å². The number of hydrogen-bond donors (Lipinski definition) is 0. The van der Waals surface area contributed by atoms with E-state index >= 15 is 0 Å². The third-order valence-electron chi connectivity index (χ3n) is 4.50. The topological polar surface area (TPSA) is 56.0 Å². The van der Waals surface area contributed by atoms with Crippen molar-refractivity contribution in [3.8, 4) is 0 Å². The Labute approximate surface area is 150 Å². The Bertz CT molecular complexity index is 906. The number of aromatic nitrogens is 4. The lowest BCUT2D eigenvalue weighted by molar-refractivity contribution is 0.0742. The van der Waals surface area contributed by atoms with Crippen LogP contribution in [0.2, 0.25) is 0 Å². The van der Waals surface area contributed by atoms with Gasteiger partial charge in [0.25, 0.3) is 5.91 Å². The van der Waals surface area contributed by atoms with Gasteiger partial charge in [-0.15, -0.1) is 11.3 Å². The first-order valence-corrected chi connectivity index (χ1v) is 9.32. The normalized spacial score (nSPS) is 13.7. The Morgan fingerprint density at radius 1 is 1.28 bits per heavy atom. The SMILES string of the molecule is Cc1nc(C(=O)N2Cc3c(Cn4cccc4)nn(C(C)C)c3C2)cs1. The van der Waals surface area contributed by atoms with Crippen molar-refractivity contribution in [1.82, 2.24) is 24.2 Å². The summed E-state index contributed by atoms with van der Waals surface area (Å²) in [5.74, 6) is 0.00257. The minimum Gasteiger partial charge on any atom is -0.348 e. The molecule has 130 valence electrons. The Kier molecular flexibility index (Phi) is 3.95. The van der Waals surface area contributed by atoms with Gasteiger partial charge in [-0.2, -0.15) is 5.10 Å². The lowest BCUT2D eigenvalue weighted by atomic mass is 10.2. The average molecular weight is 355 g/mol. The fourth-order valence-corrected chi connectivity index (χ4v) is 3.89. The molecule has 1 aliphatic rings. The van der Waals surface area contributed by atoms with Crippen LogP contribution in [0.15, 0.2) is 29.9 Å². The summed E-state index contributed by atoms with van der Waals surface area (Å²) >= 11 is 1.51. The van der Waals surface area contributed by atoms with Gasteiger partial charge in [-0.25, -0.2) is 4.98 Å². The number of carbonyl (C=O) groups excluding carboxylic acids is 1. The zero-order chi connectivity index (χ0) is 17.6. The van der Waals surface area contributed by atoms with Gasteiger partial charge in [0.15, 0.2) is 0 Å². The van der Waals surface area contributed by atoms with E-state index in [0.717, 1.165) is 22.9 Å². The van der Waals surface area contributed by atoms with Crippen LogP contribution in [-0.4, -0.2) is 30.1 Å². The van der Waals surface area contributed by atoms with Crippen LogP contribution in [0.3, 0.4) is 0 Å². The van der Waals surface area contributed by atoms with Crippen molar-refractivity contribution in [2.75, 3.05) is 0 Å². The molecule has 0 unspecified atom stereocenters. The maximum Gasteiger partial charge on any atom is 0.273 e. The van der Waals surface area contributed by atoms with E-state index in [4.69, 9.17) is 5.10 Å². The van der Waals surface area contributed by atoms with Crippen molar-refractivity contribution in [3.05, 3.63) is 57.6 Å². The molecule has 7 heteroatoms. The van der Waals surface area contributed by atoms with Crippen molar-refractivity contribution in [3.63, 3.8) is 0 Å². The summed E-state index contributed by atoms with van der Waals surface area (Å²) in [5.41, 5.74) is 3.92. The number of hydrogen-bond acceptors (Lipinski definition) is 4. The molecule has 1 aliphatic heterocycles. The fourth-order valence-electron chi connectivity index (χ4n) is 3.30. The second-order valence-corrected chi connectivity index (χ2v) is 7.74. The standard InChI is InChI=1S/C18H21N5OS/c1-12(2)23-17-10-22(18(24)16-11-25-13(3)19-16)8-14(17)15(20-23)9-21-6-4-5-7-21/h4-7,11-12H,8-10H2,1-3H3. The summed E-state index contributed by atoms with van der Waals surface area (Å²) < 4.78 is 4.18. The summed E-state index contributed by atoms with van der Waals surface area (Å²) in [6.45, 7) is 8.11. The maximum absolute atomic E-state index is 12.8. The van der Waals surface area contributed by atoms with Gasteiger partial charge >= 0.3 is 0 Å². The van der Waals surface area contributed by atoms with Gasteiger partial charge in [-0.05, 0) is 32.9 Å². The molecule has 0 N–H and O–H groups in total. The largest absolute Gasteiger partial charge is 0.348 e. The zero-order valence-electron chi connectivity index (χ0n) is 14.6. The molecule has 0 aromatic carbocycles. The van der Waals surface area contributed by atoms with E-state index in [2.05, 4.69) is 28.1 Å². The van der Waals surface area contributed by atoms with Crippen LogP contribution in [0.25, 0.3) is 0 Å². The molecule has 0 fully saturated rings. The van der Waals surface area contributed by atoms with Crippen molar-refractivity contribution >= 4 is 17.2 Å². The van der Waals surface area contributed by atoms with Gasteiger partial charge in [0.05, 0.1) is 36.0 Å². The molecular formula is C18H21N5OS. The first kappa shape index (κ1) is 16.1. The van der Waals surface area contributed by atoms with Gasteiger partial charge < -0.3 is 9.47 Å². The molecule has 0 spiro atoms. The summed E-state index contributed by atoms with van der Waals surface area (Å²) in [4.78, 5) is 19.0. The van der Waals surface area contributed by atoms with Crippen LogP contribution in [0.5, 0.6) is 0 Å². The van der Waals surface area contributed by atoms with Crippen molar-refractivity contribution < 1.29 is 4.79 Å². The second-order valence-electron chi connectivity index (χ2n) is 6.68. The highest BCUT2D eigenvalue weighted by molar-refractivity contribution is 7.09. The Hall–Kier alpha value is -2.41. The van der Waals surface area contributed by atoms with Crippen molar-refractivity contribution in [2.24, 2.45) is 0 Å². The minimum atomic E-state index is 0.00257. The molecule has 25 heavy (non-hydrogen) atoms. The van der Waals surface area contributed by atoms with Crippen LogP contribution in [0, 0.1) is 6.92 Å². The van der Waals surface area contributed by atoms with Crippen molar-refractivity contribution in [2.45, 2.75) is 46.4 Å². The molecule has 0 saturated carbocycles. The second kappa shape index (κ2) is 6.15. The van der Waals surface area contributed by atoms with E-state index < -0.39 is 0 Å². The van der Waals surface area contributed by atoms with Crippen molar-refractivity contribution in [1.29, 1.82) is 0 Å². The third-order valence-corrected chi connectivity index (χ3v) is 5.28. The Morgan fingerprint density at radius 3 is 2.68 bits per heavy atom. The van der Waals surface area contributed by atoms with Crippen LogP contribution in [0.1, 0.15) is 52.3 Å². The molecule has 4 rings (SSSR count). The van der Waals surface area contributed by atoms with Crippen LogP contribution in [0.4, 0.5) is 0 Å². The lowest BCUT2D eigenvalue weighted by Crippen LogP contribution is -2.27. The van der Waals surface area contributed by atoms with Gasteiger partial charge in [0.1, 0.15) is 5.69 Å². The Balaban J connectivity index is 1.64. The average Bonchev–Trinajstić information content (AvgIpc) is 3.32. The highest BCUT2D eigenvalue weighted by Crippen LogP contribution is 2.30. The van der Waals surface area contributed by atoms with Gasteiger partial charge in [0, 0.05) is 29.4 Å². The zero-order valence-corrected chi connectivity index (χ0v) is 15.5. The number of fused-ring (bicyclic) bond motifs is 1. The summed E-state index contributed by atoms with van der Waals surface area (Å²) in [7, 11) is 0. The third kappa shape index (κ3) is 2.89. The number of thiazole rings is 1. The summed E-state index contributed by atoms with van der Waals surface area (Å²) in [5, 5.41) is 7.58. The smallest absolute Gasteiger partial charge is 0.273 e. The highest BCUT2D eigenvalue weighted by atomic mass is 32.1. The van der Waals surface area contributed by atoms with E-state index in [1.807, 2.05) is 41.7 Å². The molecule has 0 aliphatic carbocycles. The summed E-state index contributed by atoms with van der Waals surface area (Å²) in [6.07, 6.45) is 4.08. The number of rotatable bonds is 4. The number of aryl methyl sites for hydroxylation is 1. The van der Waals surface area contributed by atoms with Gasteiger partial charge in [0.2, 0.25) is 0 Å². The first-order chi connectivity index (χ1) is 12.0. The molecule has 0 bridgehead atoms. The summed E-state index contributed by atoms with van der Waals surface area (Å²) in [6, 6.07) is 4.30. The number of nitrogens with zero attached hydrogens (tertiary/aromatic N) is 5. The maximum atomic E-state index is 12.8. The van der Waals surface area contributed by atoms with Crippen LogP contribution in [-0.2, 0) is 19.6 Å². The van der Waals surface area contributed by atoms with E-state index in [0.29, 0.717) is 18.8 Å². The number of amides is 1. The van der Waals surface area contributed by atoms with E-state index in [1.54, 1.807) is 0 Å². The predicted molar refractivity (Wildman–Crippen MR) is 96.6 cm³/mol. The quantitative estimate of drug-likeness (QED) is 0.722. The van der Waals surface area contributed by atoms with E-state index in [1.165, 1.54) is 16.9 Å². The van der Waals surface area contributed by atoms with Crippen LogP contribution >= 0.6 is 11.3 Å². The van der Waals surface area contributed by atoms with Gasteiger partial charge in [-0.1, -0.05) is 0 Å². The molecule has 1 amide bonds. The Morgan fingerprint density at radius 2 is 2.04 bits per heavy atom. The molecule has 0 atom stereocenters. The van der Waals surface area contributed by atoms with Crippen LogP contribution < -0.4 is 0 Å². The predicted octanol–water partition coefficient (Wildman–Crippen LogP) is 3.23. The first-order valence-electron chi connectivity index (χ1n) is 8.44. The van der Waals surface area contributed by atoms with Gasteiger partial charge in [-0.3, -0.25) is 9.48 Å². The fraction of sp³-hybridized carbons (Fsp3) is 0.389. The lowest BCUT2D eigenvalue weighted by Gasteiger charge is -2.16.